The quantitative estimate of drug-likeness (QED) is 0.296. The lowest BCUT2D eigenvalue weighted by Gasteiger charge is -2.42. The summed E-state index contributed by atoms with van der Waals surface area (Å²) in [6, 6.07) is 8.03. The van der Waals surface area contributed by atoms with E-state index in [-0.39, 0.29) is 34.4 Å². The van der Waals surface area contributed by atoms with Crippen molar-refractivity contribution in [2.45, 2.75) is 51.3 Å². The van der Waals surface area contributed by atoms with E-state index in [0.717, 1.165) is 12.8 Å². The Balaban J connectivity index is 1.37. The molecule has 2 bridgehead atoms. The van der Waals surface area contributed by atoms with Gasteiger partial charge in [0.25, 0.3) is 0 Å². The summed E-state index contributed by atoms with van der Waals surface area (Å²) in [7, 11) is 0. The van der Waals surface area contributed by atoms with Crippen molar-refractivity contribution in [3.05, 3.63) is 59.5 Å². The van der Waals surface area contributed by atoms with Crippen molar-refractivity contribution in [1.29, 1.82) is 0 Å². The number of hydrogen-bond donors (Lipinski definition) is 0. The molecule has 7 nitrogen and oxygen atoms in total. The molecule has 0 aliphatic carbocycles. The summed E-state index contributed by atoms with van der Waals surface area (Å²) in [5.74, 6) is -0.650. The fourth-order valence-corrected chi connectivity index (χ4v) is 5.89. The lowest BCUT2D eigenvalue weighted by molar-refractivity contribution is 0.0123. The third-order valence-corrected chi connectivity index (χ3v) is 7.55. The summed E-state index contributed by atoms with van der Waals surface area (Å²) in [6.07, 6.45) is 4.30. The smallest absolute Gasteiger partial charge is 0.410 e. The maximum atomic E-state index is 16.0. The van der Waals surface area contributed by atoms with Gasteiger partial charge in [-0.05, 0) is 45.1 Å². The number of rotatable bonds is 2. The van der Waals surface area contributed by atoms with E-state index in [1.165, 1.54) is 12.4 Å². The molecule has 196 valence electrons. The number of benzene rings is 2. The number of carbonyl (C=O) groups is 1. The van der Waals surface area contributed by atoms with Crippen LogP contribution in [0, 0.1) is 11.6 Å². The average Bonchev–Trinajstić information content (AvgIpc) is 3.15. The fourth-order valence-electron chi connectivity index (χ4n) is 5.61. The van der Waals surface area contributed by atoms with Crippen LogP contribution >= 0.6 is 11.6 Å². The predicted octanol–water partition coefficient (Wildman–Crippen LogP) is 6.36. The molecule has 38 heavy (non-hydrogen) atoms. The van der Waals surface area contributed by atoms with E-state index in [1.807, 2.05) is 25.7 Å². The fraction of sp³-hybridized carbons (Fsp3) is 0.357. The molecule has 1 amide bonds. The number of aromatic nitrogens is 3. The molecular weight excluding hydrogens is 512 g/mol. The van der Waals surface area contributed by atoms with E-state index >= 15 is 4.39 Å². The Morgan fingerprint density at radius 1 is 1.05 bits per heavy atom. The van der Waals surface area contributed by atoms with Gasteiger partial charge in [0.05, 0.1) is 22.5 Å². The van der Waals surface area contributed by atoms with Crippen molar-refractivity contribution in [1.82, 2.24) is 19.9 Å². The third-order valence-electron chi connectivity index (χ3n) is 7.18. The molecule has 2 atom stereocenters. The Bertz CT molecular complexity index is 1580. The third kappa shape index (κ3) is 4.09. The van der Waals surface area contributed by atoms with E-state index in [9.17, 15) is 9.18 Å². The first-order valence-electron chi connectivity index (χ1n) is 12.5. The van der Waals surface area contributed by atoms with E-state index in [0.29, 0.717) is 40.6 Å². The van der Waals surface area contributed by atoms with Crippen molar-refractivity contribution in [3.8, 4) is 11.3 Å². The molecule has 0 N–H and O–H groups in total. The van der Waals surface area contributed by atoms with E-state index < -0.39 is 17.2 Å². The molecule has 2 aromatic heterocycles. The van der Waals surface area contributed by atoms with Crippen molar-refractivity contribution in [2.24, 2.45) is 0 Å². The molecule has 6 rings (SSSR count). The first kappa shape index (κ1) is 24.7. The molecule has 0 spiro atoms. The molecule has 2 saturated heterocycles. The Morgan fingerprint density at radius 2 is 1.79 bits per heavy atom. The van der Waals surface area contributed by atoms with Crippen LogP contribution in [0.1, 0.15) is 33.6 Å². The number of piperazine rings is 1. The van der Waals surface area contributed by atoms with Gasteiger partial charge < -0.3 is 9.64 Å². The van der Waals surface area contributed by atoms with Gasteiger partial charge in [0.2, 0.25) is 0 Å². The number of pyridine rings is 1. The molecule has 10 heteroatoms. The molecule has 2 aromatic carbocycles. The van der Waals surface area contributed by atoms with Crippen LogP contribution < -0.4 is 4.90 Å². The summed E-state index contributed by atoms with van der Waals surface area (Å²) < 4.78 is 35.9. The minimum Gasteiger partial charge on any atom is -0.444 e. The Morgan fingerprint density at radius 3 is 2.50 bits per heavy atom. The number of halogens is 3. The van der Waals surface area contributed by atoms with Crippen molar-refractivity contribution < 1.29 is 18.3 Å². The van der Waals surface area contributed by atoms with Crippen LogP contribution in [-0.4, -0.2) is 56.7 Å². The SMILES string of the molecule is CC(C)(C)OC(=O)N1C2CCC1CN(c1ncnc3c(F)c(-c4cccc5ccc(F)c(Cl)c45)ncc13)C2. The van der Waals surface area contributed by atoms with Gasteiger partial charge in [-0.1, -0.05) is 35.9 Å². The van der Waals surface area contributed by atoms with Crippen molar-refractivity contribution >= 4 is 45.2 Å². The summed E-state index contributed by atoms with van der Waals surface area (Å²) in [4.78, 5) is 29.9. The van der Waals surface area contributed by atoms with Crippen LogP contribution in [0.4, 0.5) is 19.4 Å². The number of nitrogens with zero attached hydrogens (tertiary/aromatic N) is 5. The Kier molecular flexibility index (Phi) is 5.86. The van der Waals surface area contributed by atoms with Crippen LogP contribution in [0.2, 0.25) is 5.02 Å². The second-order valence-corrected chi connectivity index (χ2v) is 11.2. The van der Waals surface area contributed by atoms with E-state index in [1.54, 1.807) is 30.5 Å². The number of hydrogen-bond acceptors (Lipinski definition) is 6. The van der Waals surface area contributed by atoms with Gasteiger partial charge >= 0.3 is 6.09 Å². The van der Waals surface area contributed by atoms with Crippen LogP contribution in [0.15, 0.2) is 42.9 Å². The maximum Gasteiger partial charge on any atom is 0.410 e. The molecule has 2 fully saturated rings. The zero-order valence-electron chi connectivity index (χ0n) is 21.2. The average molecular weight is 538 g/mol. The highest BCUT2D eigenvalue weighted by Gasteiger charge is 2.45. The first-order valence-corrected chi connectivity index (χ1v) is 12.9. The number of ether oxygens (including phenoxy) is 1. The van der Waals surface area contributed by atoms with Crippen LogP contribution in [0.25, 0.3) is 32.9 Å². The normalized spacial score (nSPS) is 19.4. The molecule has 0 radical (unpaired) electrons. The van der Waals surface area contributed by atoms with Crippen LogP contribution in [0.5, 0.6) is 0 Å². The molecule has 2 aliphatic heterocycles. The molecule has 4 aromatic rings. The lowest BCUT2D eigenvalue weighted by atomic mass is 10.0. The van der Waals surface area contributed by atoms with Gasteiger partial charge in [0.15, 0.2) is 5.82 Å². The zero-order chi connectivity index (χ0) is 26.8. The minimum absolute atomic E-state index is 0.0292. The lowest BCUT2D eigenvalue weighted by Crippen LogP contribution is -2.57. The summed E-state index contributed by atoms with van der Waals surface area (Å²) in [6.45, 7) is 6.66. The van der Waals surface area contributed by atoms with Crippen LogP contribution in [0.3, 0.4) is 0 Å². The highest BCUT2D eigenvalue weighted by molar-refractivity contribution is 6.36. The first-order chi connectivity index (χ1) is 18.1. The number of anilines is 1. The van der Waals surface area contributed by atoms with Gasteiger partial charge in [-0.3, -0.25) is 9.88 Å². The highest BCUT2D eigenvalue weighted by Crippen LogP contribution is 2.39. The van der Waals surface area contributed by atoms with Crippen LogP contribution in [-0.2, 0) is 4.74 Å². The maximum absolute atomic E-state index is 16.0. The van der Waals surface area contributed by atoms with E-state index in [2.05, 4.69) is 19.9 Å². The molecule has 2 aliphatic rings. The Labute approximate surface area is 223 Å². The van der Waals surface area contributed by atoms with Crippen molar-refractivity contribution in [2.75, 3.05) is 18.0 Å². The van der Waals surface area contributed by atoms with Gasteiger partial charge in [-0.15, -0.1) is 0 Å². The molecular formula is C28H26ClF2N5O2. The number of fused-ring (bicyclic) bond motifs is 4. The van der Waals surface area contributed by atoms with Gasteiger partial charge in [0.1, 0.15) is 34.8 Å². The monoisotopic (exact) mass is 537 g/mol. The number of amides is 1. The van der Waals surface area contributed by atoms with Gasteiger partial charge in [-0.2, -0.15) is 0 Å². The predicted molar refractivity (Wildman–Crippen MR) is 142 cm³/mol. The Hall–Kier alpha value is -3.59. The van der Waals surface area contributed by atoms with Crippen molar-refractivity contribution in [3.63, 3.8) is 0 Å². The minimum atomic E-state index is -0.630. The van der Waals surface area contributed by atoms with Gasteiger partial charge in [-0.25, -0.2) is 23.5 Å². The number of carbonyl (C=O) groups excluding carboxylic acids is 1. The topological polar surface area (TPSA) is 71.5 Å². The van der Waals surface area contributed by atoms with E-state index in [4.69, 9.17) is 16.3 Å². The second kappa shape index (κ2) is 9.01. The molecule has 4 heterocycles. The highest BCUT2D eigenvalue weighted by atomic mass is 35.5. The molecule has 0 saturated carbocycles. The zero-order valence-corrected chi connectivity index (χ0v) is 22.0. The summed E-state index contributed by atoms with van der Waals surface area (Å²) >= 11 is 6.29. The standard InChI is InChI=1S/C28H26ClF2N5O2/c1-28(2,3)38-27(37)36-16-8-9-17(36)13-35(12-16)26-19-11-32-24(23(31)25(19)33-14-34-26)18-6-4-5-15-7-10-20(30)22(29)21(15)18/h4-7,10-11,14,16-17H,8-9,12-13H2,1-3H3. The second-order valence-electron chi connectivity index (χ2n) is 10.8. The van der Waals surface area contributed by atoms with Gasteiger partial charge in [0, 0.05) is 30.2 Å². The largest absolute Gasteiger partial charge is 0.444 e. The molecule has 2 unspecified atom stereocenters. The summed E-state index contributed by atoms with van der Waals surface area (Å²) in [5, 5.41) is 1.46. The summed E-state index contributed by atoms with van der Waals surface area (Å²) in [5.41, 5.74) is -0.0330.